The molecule has 0 rings (SSSR count). The zero-order chi connectivity index (χ0) is 11.7. The van der Waals surface area contributed by atoms with Crippen LogP contribution in [0.5, 0.6) is 0 Å². The molecule has 0 saturated heterocycles. The quantitative estimate of drug-likeness (QED) is 0.368. The van der Waals surface area contributed by atoms with Crippen LogP contribution in [0.4, 0.5) is 0 Å². The molecule has 0 amide bonds. The fraction of sp³-hybridized carbons (Fsp3) is 0.750. The zero-order valence-electron chi connectivity index (χ0n) is 10.2. The lowest BCUT2D eigenvalue weighted by atomic mass is 10.3. The van der Waals surface area contributed by atoms with Crippen LogP contribution < -0.4 is 0 Å². The van der Waals surface area contributed by atoms with E-state index in [9.17, 15) is 4.79 Å². The van der Waals surface area contributed by atoms with E-state index in [0.29, 0.717) is 5.92 Å². The van der Waals surface area contributed by atoms with E-state index in [4.69, 9.17) is 0 Å². The van der Waals surface area contributed by atoms with Crippen LogP contribution >= 0.6 is 23.5 Å². The Bertz CT molecular complexity index is 198. The first-order valence-corrected chi connectivity index (χ1v) is 7.56. The molecular formula is C12H22OS2. The fourth-order valence-electron chi connectivity index (χ4n) is 0.849. The Morgan fingerprint density at radius 1 is 1.13 bits per heavy atom. The summed E-state index contributed by atoms with van der Waals surface area (Å²) in [5, 5.41) is 0. The summed E-state index contributed by atoms with van der Waals surface area (Å²) in [4.78, 5) is 11.6. The lowest BCUT2D eigenvalue weighted by molar-refractivity contribution is -0.104. The monoisotopic (exact) mass is 246 g/mol. The minimum Gasteiger partial charge on any atom is -0.297 e. The van der Waals surface area contributed by atoms with Crippen molar-refractivity contribution >= 4 is 29.8 Å². The highest BCUT2D eigenvalue weighted by Crippen LogP contribution is 2.18. The summed E-state index contributed by atoms with van der Waals surface area (Å²) < 4.78 is 0. The van der Waals surface area contributed by atoms with Crippen LogP contribution in [0.15, 0.2) is 11.0 Å². The number of hydrogen-bond acceptors (Lipinski definition) is 3. The number of allylic oxidation sites excluding steroid dienone is 1. The van der Waals surface area contributed by atoms with E-state index in [2.05, 4.69) is 27.7 Å². The molecule has 88 valence electrons. The Balaban J connectivity index is 3.74. The zero-order valence-corrected chi connectivity index (χ0v) is 11.8. The number of carbonyl (C=O) groups excluding carboxylic acids is 1. The van der Waals surface area contributed by atoms with Gasteiger partial charge in [0.05, 0.1) is 0 Å². The molecule has 15 heavy (non-hydrogen) atoms. The normalized spacial score (nSPS) is 12.5. The van der Waals surface area contributed by atoms with Gasteiger partial charge in [0.25, 0.3) is 0 Å². The third-order valence-corrected chi connectivity index (χ3v) is 4.29. The predicted octanol–water partition coefficient (Wildman–Crippen LogP) is 3.85. The van der Waals surface area contributed by atoms with E-state index in [1.54, 1.807) is 11.8 Å². The first-order chi connectivity index (χ1) is 7.06. The summed E-state index contributed by atoms with van der Waals surface area (Å²) in [7, 11) is 0. The van der Waals surface area contributed by atoms with E-state index in [1.807, 2.05) is 17.8 Å². The molecule has 0 bridgehead atoms. The van der Waals surface area contributed by atoms with Crippen molar-refractivity contribution in [2.45, 2.75) is 27.7 Å². The second-order valence-corrected chi connectivity index (χ2v) is 6.53. The number of thioether (sulfide) groups is 2. The maximum absolute atomic E-state index is 10.7. The molecular weight excluding hydrogens is 224 g/mol. The van der Waals surface area contributed by atoms with Crippen LogP contribution in [0.3, 0.4) is 0 Å². The van der Waals surface area contributed by atoms with Crippen molar-refractivity contribution in [1.82, 2.24) is 0 Å². The van der Waals surface area contributed by atoms with Gasteiger partial charge in [0.15, 0.2) is 6.29 Å². The van der Waals surface area contributed by atoms with Crippen molar-refractivity contribution in [3.8, 4) is 0 Å². The minimum absolute atomic E-state index is 0.640. The molecule has 0 aromatic rings. The third kappa shape index (κ3) is 10.4. The van der Waals surface area contributed by atoms with Crippen LogP contribution in [0.25, 0.3) is 0 Å². The van der Waals surface area contributed by atoms with E-state index >= 15 is 0 Å². The highest BCUT2D eigenvalue weighted by Gasteiger charge is 1.99. The molecule has 0 aliphatic carbocycles. The Labute approximate surface area is 102 Å². The Morgan fingerprint density at radius 2 is 1.73 bits per heavy atom. The highest BCUT2D eigenvalue weighted by atomic mass is 32.2. The molecule has 0 unspecified atom stereocenters. The highest BCUT2D eigenvalue weighted by molar-refractivity contribution is 8.04. The molecule has 0 aromatic heterocycles. The molecule has 0 atom stereocenters. The molecule has 0 aromatic carbocycles. The molecule has 1 nitrogen and oxygen atoms in total. The van der Waals surface area contributed by atoms with Gasteiger partial charge < -0.3 is 0 Å². The van der Waals surface area contributed by atoms with Gasteiger partial charge in [-0.15, -0.1) is 11.8 Å². The van der Waals surface area contributed by atoms with Crippen LogP contribution in [0.2, 0.25) is 0 Å². The van der Waals surface area contributed by atoms with E-state index in [-0.39, 0.29) is 0 Å². The Kier molecular flexibility index (Phi) is 9.41. The summed E-state index contributed by atoms with van der Waals surface area (Å²) in [6, 6.07) is 0. The topological polar surface area (TPSA) is 17.1 Å². The summed E-state index contributed by atoms with van der Waals surface area (Å²) >= 11 is 3.56. The van der Waals surface area contributed by atoms with E-state index < -0.39 is 0 Å². The van der Waals surface area contributed by atoms with Crippen LogP contribution in [0.1, 0.15) is 27.7 Å². The van der Waals surface area contributed by atoms with Gasteiger partial charge in [-0.05, 0) is 17.6 Å². The van der Waals surface area contributed by atoms with Gasteiger partial charge in [-0.25, -0.2) is 0 Å². The van der Waals surface area contributed by atoms with Gasteiger partial charge in [-0.1, -0.05) is 33.8 Å². The van der Waals surface area contributed by atoms with Crippen LogP contribution in [0, 0.1) is 11.8 Å². The Hall–Kier alpha value is 0.110. The standard InChI is InChI=1S/C12H22OS2/c1-10(2)8-14-6-5-12(7-13)15-9-11(3)4/h5,7,10-11H,6,8-9H2,1-4H3. The molecule has 0 saturated carbocycles. The summed E-state index contributed by atoms with van der Waals surface area (Å²) in [6.07, 6.45) is 3.02. The van der Waals surface area contributed by atoms with Gasteiger partial charge >= 0.3 is 0 Å². The lowest BCUT2D eigenvalue weighted by Crippen LogP contribution is -1.94. The minimum atomic E-state index is 0.640. The van der Waals surface area contributed by atoms with E-state index in [0.717, 1.165) is 34.4 Å². The molecule has 0 spiro atoms. The maximum atomic E-state index is 10.7. The fourth-order valence-corrected chi connectivity index (χ4v) is 2.65. The van der Waals surface area contributed by atoms with Crippen molar-refractivity contribution in [3.05, 3.63) is 11.0 Å². The smallest absolute Gasteiger partial charge is 0.156 e. The van der Waals surface area contributed by atoms with Crippen molar-refractivity contribution in [1.29, 1.82) is 0 Å². The van der Waals surface area contributed by atoms with Gasteiger partial charge in [-0.2, -0.15) is 11.8 Å². The van der Waals surface area contributed by atoms with E-state index in [1.165, 1.54) is 0 Å². The average molecular weight is 246 g/mol. The predicted molar refractivity (Wildman–Crippen MR) is 73.6 cm³/mol. The van der Waals surface area contributed by atoms with Crippen LogP contribution in [-0.4, -0.2) is 23.5 Å². The van der Waals surface area contributed by atoms with Crippen molar-refractivity contribution in [2.24, 2.45) is 11.8 Å². The van der Waals surface area contributed by atoms with Crippen molar-refractivity contribution < 1.29 is 4.79 Å². The largest absolute Gasteiger partial charge is 0.297 e. The molecule has 0 fully saturated rings. The molecule has 0 aliphatic rings. The number of rotatable bonds is 8. The lowest BCUT2D eigenvalue weighted by Gasteiger charge is -2.04. The maximum Gasteiger partial charge on any atom is 0.156 e. The van der Waals surface area contributed by atoms with Crippen molar-refractivity contribution in [2.75, 3.05) is 17.3 Å². The van der Waals surface area contributed by atoms with Crippen LogP contribution in [-0.2, 0) is 4.79 Å². The molecule has 0 N–H and O–H groups in total. The summed E-state index contributed by atoms with van der Waals surface area (Å²) in [5.74, 6) is 4.52. The second kappa shape index (κ2) is 9.34. The number of aldehydes is 1. The number of hydrogen-bond donors (Lipinski definition) is 0. The third-order valence-electron chi connectivity index (χ3n) is 1.55. The molecule has 3 heteroatoms. The first kappa shape index (κ1) is 15.1. The average Bonchev–Trinajstić information content (AvgIpc) is 2.16. The first-order valence-electron chi connectivity index (χ1n) is 5.42. The Morgan fingerprint density at radius 3 is 2.20 bits per heavy atom. The van der Waals surface area contributed by atoms with Gasteiger partial charge in [-0.3, -0.25) is 4.79 Å². The van der Waals surface area contributed by atoms with Gasteiger partial charge in [0.2, 0.25) is 0 Å². The van der Waals surface area contributed by atoms with Gasteiger partial charge in [0.1, 0.15) is 0 Å². The SMILES string of the molecule is CC(C)CSCC=C(C=O)SCC(C)C. The molecule has 0 aliphatic heterocycles. The number of carbonyl (C=O) groups is 1. The van der Waals surface area contributed by atoms with Gasteiger partial charge in [0, 0.05) is 16.4 Å². The summed E-state index contributed by atoms with van der Waals surface area (Å²) in [6.45, 7) is 8.77. The second-order valence-electron chi connectivity index (χ2n) is 4.36. The van der Waals surface area contributed by atoms with Crippen molar-refractivity contribution in [3.63, 3.8) is 0 Å². The summed E-state index contributed by atoms with van der Waals surface area (Å²) in [5.41, 5.74) is 0. The molecule has 0 heterocycles. The molecule has 0 radical (unpaired) electrons.